The number of benzene rings is 1. The van der Waals surface area contributed by atoms with Crippen LogP contribution in [0.4, 0.5) is 0 Å². The Morgan fingerprint density at radius 3 is 2.68 bits per heavy atom. The van der Waals surface area contributed by atoms with Gasteiger partial charge in [-0.05, 0) is 31.5 Å². The van der Waals surface area contributed by atoms with E-state index in [9.17, 15) is 4.79 Å². The molecule has 1 aliphatic rings. The van der Waals surface area contributed by atoms with Gasteiger partial charge in [-0.1, -0.05) is 12.1 Å². The van der Waals surface area contributed by atoms with Crippen molar-refractivity contribution in [1.29, 1.82) is 0 Å². The molecule has 0 saturated carbocycles. The zero-order valence-electron chi connectivity index (χ0n) is 11.8. The SMILES string of the molecule is COC(=O)c1ccc(CN2C[C@@H](C)OC[C@H]2C)cc1. The van der Waals surface area contributed by atoms with Gasteiger partial charge in [-0.15, -0.1) is 0 Å². The van der Waals surface area contributed by atoms with Crippen molar-refractivity contribution in [3.63, 3.8) is 0 Å². The lowest BCUT2D eigenvalue weighted by Gasteiger charge is -2.36. The number of ether oxygens (including phenoxy) is 2. The summed E-state index contributed by atoms with van der Waals surface area (Å²) in [6, 6.07) is 8.03. The lowest BCUT2D eigenvalue weighted by atomic mass is 10.1. The van der Waals surface area contributed by atoms with Crippen LogP contribution in [0.25, 0.3) is 0 Å². The molecule has 0 aromatic heterocycles. The highest BCUT2D eigenvalue weighted by Crippen LogP contribution is 2.16. The molecule has 1 heterocycles. The third-order valence-electron chi connectivity index (χ3n) is 3.50. The fourth-order valence-corrected chi connectivity index (χ4v) is 2.29. The Hall–Kier alpha value is -1.39. The molecule has 1 saturated heterocycles. The average molecular weight is 263 g/mol. The van der Waals surface area contributed by atoms with Crippen molar-refractivity contribution in [2.45, 2.75) is 32.5 Å². The number of nitrogens with zero attached hydrogens (tertiary/aromatic N) is 1. The summed E-state index contributed by atoms with van der Waals surface area (Å²) >= 11 is 0. The van der Waals surface area contributed by atoms with Gasteiger partial charge in [-0.2, -0.15) is 0 Å². The molecule has 1 aliphatic heterocycles. The molecule has 0 radical (unpaired) electrons. The van der Waals surface area contributed by atoms with Gasteiger partial charge in [0.2, 0.25) is 0 Å². The summed E-state index contributed by atoms with van der Waals surface area (Å²) < 4.78 is 10.3. The number of methoxy groups -OCH3 is 1. The number of carbonyl (C=O) groups is 1. The maximum absolute atomic E-state index is 11.4. The van der Waals surface area contributed by atoms with E-state index in [1.807, 2.05) is 24.3 Å². The number of hydrogen-bond acceptors (Lipinski definition) is 4. The third-order valence-corrected chi connectivity index (χ3v) is 3.50. The summed E-state index contributed by atoms with van der Waals surface area (Å²) in [7, 11) is 1.40. The van der Waals surface area contributed by atoms with Gasteiger partial charge < -0.3 is 9.47 Å². The molecule has 0 N–H and O–H groups in total. The molecule has 0 spiro atoms. The third kappa shape index (κ3) is 3.55. The minimum atomic E-state index is -0.292. The van der Waals surface area contributed by atoms with Crippen LogP contribution in [0, 0.1) is 0 Å². The molecule has 1 fully saturated rings. The lowest BCUT2D eigenvalue weighted by Crippen LogP contribution is -2.46. The van der Waals surface area contributed by atoms with Crippen LogP contribution in [0.2, 0.25) is 0 Å². The fraction of sp³-hybridized carbons (Fsp3) is 0.533. The molecule has 19 heavy (non-hydrogen) atoms. The number of esters is 1. The lowest BCUT2D eigenvalue weighted by molar-refractivity contribution is -0.0526. The maximum atomic E-state index is 11.4. The zero-order chi connectivity index (χ0) is 13.8. The number of hydrogen-bond donors (Lipinski definition) is 0. The highest BCUT2D eigenvalue weighted by Gasteiger charge is 2.23. The Labute approximate surface area is 114 Å². The predicted molar refractivity (Wildman–Crippen MR) is 73.1 cm³/mol. The van der Waals surface area contributed by atoms with E-state index in [0.29, 0.717) is 11.6 Å². The topological polar surface area (TPSA) is 38.8 Å². The molecule has 2 rings (SSSR count). The van der Waals surface area contributed by atoms with Crippen LogP contribution >= 0.6 is 0 Å². The number of morpholine rings is 1. The second kappa shape index (κ2) is 6.17. The molecular formula is C15H21NO3. The van der Waals surface area contributed by atoms with E-state index in [-0.39, 0.29) is 12.1 Å². The first-order chi connectivity index (χ1) is 9.10. The maximum Gasteiger partial charge on any atom is 0.337 e. The molecule has 1 aromatic carbocycles. The molecule has 0 unspecified atom stereocenters. The van der Waals surface area contributed by atoms with E-state index in [1.54, 1.807) is 0 Å². The van der Waals surface area contributed by atoms with Gasteiger partial charge in [0.05, 0.1) is 25.4 Å². The van der Waals surface area contributed by atoms with Gasteiger partial charge >= 0.3 is 5.97 Å². The van der Waals surface area contributed by atoms with Crippen LogP contribution in [0.5, 0.6) is 0 Å². The van der Waals surface area contributed by atoms with Crippen LogP contribution < -0.4 is 0 Å². The summed E-state index contributed by atoms with van der Waals surface area (Å²) in [6.07, 6.45) is 0.283. The largest absolute Gasteiger partial charge is 0.465 e. The summed E-state index contributed by atoms with van der Waals surface area (Å²) in [5, 5.41) is 0. The molecule has 4 nitrogen and oxygen atoms in total. The van der Waals surface area contributed by atoms with Crippen molar-refractivity contribution >= 4 is 5.97 Å². The summed E-state index contributed by atoms with van der Waals surface area (Å²) in [4.78, 5) is 13.8. The van der Waals surface area contributed by atoms with E-state index in [4.69, 9.17) is 9.47 Å². The molecule has 0 bridgehead atoms. The van der Waals surface area contributed by atoms with Crippen molar-refractivity contribution in [1.82, 2.24) is 4.90 Å². The molecule has 1 aromatic rings. The van der Waals surface area contributed by atoms with Gasteiger partial charge in [0.15, 0.2) is 0 Å². The fourth-order valence-electron chi connectivity index (χ4n) is 2.29. The molecule has 4 heteroatoms. The van der Waals surface area contributed by atoms with Crippen molar-refractivity contribution in [2.24, 2.45) is 0 Å². The van der Waals surface area contributed by atoms with E-state index in [1.165, 1.54) is 12.7 Å². The normalized spacial score (nSPS) is 24.2. The van der Waals surface area contributed by atoms with E-state index >= 15 is 0 Å². The van der Waals surface area contributed by atoms with Crippen LogP contribution in [-0.2, 0) is 16.0 Å². The van der Waals surface area contributed by atoms with Gasteiger partial charge in [-0.3, -0.25) is 4.90 Å². The Morgan fingerprint density at radius 1 is 1.37 bits per heavy atom. The molecule has 0 aliphatic carbocycles. The van der Waals surface area contributed by atoms with E-state index in [2.05, 4.69) is 18.7 Å². The standard InChI is InChI=1S/C15H21NO3/c1-11-10-19-12(2)8-16(11)9-13-4-6-14(7-5-13)15(17)18-3/h4-7,11-12H,8-10H2,1-3H3/t11-,12-/m1/s1. The van der Waals surface area contributed by atoms with Crippen molar-refractivity contribution in [3.8, 4) is 0 Å². The minimum Gasteiger partial charge on any atom is -0.465 e. The van der Waals surface area contributed by atoms with Crippen molar-refractivity contribution in [2.75, 3.05) is 20.3 Å². The monoisotopic (exact) mass is 263 g/mol. The van der Waals surface area contributed by atoms with Gasteiger partial charge in [-0.25, -0.2) is 4.79 Å². The first kappa shape index (κ1) is 14.0. The Kier molecular flexibility index (Phi) is 4.56. The summed E-state index contributed by atoms with van der Waals surface area (Å²) in [6.45, 7) is 6.88. The van der Waals surface area contributed by atoms with Crippen molar-refractivity contribution < 1.29 is 14.3 Å². The predicted octanol–water partition coefficient (Wildman–Crippen LogP) is 2.08. The minimum absolute atomic E-state index is 0.283. The Balaban J connectivity index is 2.00. The second-order valence-corrected chi connectivity index (χ2v) is 5.11. The number of carbonyl (C=O) groups excluding carboxylic acids is 1. The molecular weight excluding hydrogens is 242 g/mol. The Morgan fingerprint density at radius 2 is 2.05 bits per heavy atom. The summed E-state index contributed by atoms with van der Waals surface area (Å²) in [5.41, 5.74) is 1.79. The van der Waals surface area contributed by atoms with Gasteiger partial charge in [0.25, 0.3) is 0 Å². The van der Waals surface area contributed by atoms with E-state index in [0.717, 1.165) is 19.7 Å². The van der Waals surface area contributed by atoms with Crippen LogP contribution in [0.1, 0.15) is 29.8 Å². The highest BCUT2D eigenvalue weighted by atomic mass is 16.5. The molecule has 0 amide bonds. The Bertz CT molecular complexity index is 430. The number of rotatable bonds is 3. The smallest absolute Gasteiger partial charge is 0.337 e. The first-order valence-corrected chi connectivity index (χ1v) is 6.63. The zero-order valence-corrected chi connectivity index (χ0v) is 11.8. The quantitative estimate of drug-likeness (QED) is 0.783. The van der Waals surface area contributed by atoms with Gasteiger partial charge in [0.1, 0.15) is 0 Å². The molecule has 104 valence electrons. The first-order valence-electron chi connectivity index (χ1n) is 6.63. The molecule has 2 atom stereocenters. The summed E-state index contributed by atoms with van der Waals surface area (Å²) in [5.74, 6) is -0.292. The van der Waals surface area contributed by atoms with Crippen LogP contribution in [-0.4, -0.2) is 43.3 Å². The highest BCUT2D eigenvalue weighted by molar-refractivity contribution is 5.89. The average Bonchev–Trinajstić information content (AvgIpc) is 2.43. The van der Waals surface area contributed by atoms with Gasteiger partial charge in [0, 0.05) is 19.1 Å². The van der Waals surface area contributed by atoms with E-state index < -0.39 is 0 Å². The van der Waals surface area contributed by atoms with Crippen LogP contribution in [0.15, 0.2) is 24.3 Å². The van der Waals surface area contributed by atoms with Crippen molar-refractivity contribution in [3.05, 3.63) is 35.4 Å². The second-order valence-electron chi connectivity index (χ2n) is 5.11. The van der Waals surface area contributed by atoms with Crippen LogP contribution in [0.3, 0.4) is 0 Å².